The predicted octanol–water partition coefficient (Wildman–Crippen LogP) is 1.98. The average Bonchev–Trinajstić information content (AvgIpc) is 3.27. The van der Waals surface area contributed by atoms with E-state index in [0.717, 1.165) is 18.7 Å². The molecule has 2 aliphatic rings. The zero-order valence-electron chi connectivity index (χ0n) is 13.6. The van der Waals surface area contributed by atoms with Gasteiger partial charge in [0.05, 0.1) is 18.4 Å². The molecule has 3 heterocycles. The minimum atomic E-state index is -0.243. The number of fused-ring (bicyclic) bond motifs is 1. The number of H-pyrrole nitrogens is 1. The molecule has 0 unspecified atom stereocenters. The first-order chi connectivity index (χ1) is 11.7. The molecule has 2 atom stereocenters. The molecule has 6 nitrogen and oxygen atoms in total. The second-order valence-corrected chi connectivity index (χ2v) is 7.30. The zero-order valence-corrected chi connectivity index (χ0v) is 14.4. The molecule has 4 rings (SSSR count). The van der Waals surface area contributed by atoms with Crippen LogP contribution in [0.2, 0.25) is 0 Å². The Balaban J connectivity index is 1.44. The van der Waals surface area contributed by atoms with Crippen molar-refractivity contribution in [1.29, 1.82) is 0 Å². The third-order valence-electron chi connectivity index (χ3n) is 4.47. The van der Waals surface area contributed by atoms with E-state index in [4.69, 9.17) is 4.74 Å². The van der Waals surface area contributed by atoms with Crippen LogP contribution in [0.4, 0.5) is 0 Å². The Labute approximate surface area is 145 Å². The van der Waals surface area contributed by atoms with Gasteiger partial charge in [-0.1, -0.05) is 25.1 Å². The second-order valence-electron chi connectivity index (χ2n) is 6.06. The van der Waals surface area contributed by atoms with Crippen molar-refractivity contribution in [1.82, 2.24) is 20.1 Å². The summed E-state index contributed by atoms with van der Waals surface area (Å²) in [7, 11) is 0. The number of aromatic amines is 1. The number of hydrogen-bond acceptors (Lipinski definition) is 5. The van der Waals surface area contributed by atoms with E-state index in [0.29, 0.717) is 25.5 Å². The maximum Gasteiger partial charge on any atom is 0.236 e. The number of carbonyl (C=O) groups excluding carboxylic acids is 1. The van der Waals surface area contributed by atoms with Crippen LogP contribution in [0.25, 0.3) is 0 Å². The molecular weight excluding hydrogens is 324 g/mol. The molecule has 0 aliphatic carbocycles. The number of carbonyl (C=O) groups is 1. The molecule has 0 saturated carbocycles. The number of benzene rings is 1. The number of amides is 1. The van der Waals surface area contributed by atoms with Crippen LogP contribution in [-0.4, -0.2) is 50.9 Å². The summed E-state index contributed by atoms with van der Waals surface area (Å²) in [5, 5.41) is 7.12. The summed E-state index contributed by atoms with van der Waals surface area (Å²) < 4.78 is 5.78. The summed E-state index contributed by atoms with van der Waals surface area (Å²) in [6.45, 7) is 3.70. The van der Waals surface area contributed by atoms with E-state index in [1.807, 2.05) is 24.0 Å². The highest BCUT2D eigenvalue weighted by Crippen LogP contribution is 2.38. The number of aryl methyl sites for hydroxylation is 1. The SMILES string of the molecule is CCc1nc([C@H]2CN(C(=O)[C@@H]3Cc4ccccc4S3)CCO2)n[nH]1. The van der Waals surface area contributed by atoms with Gasteiger partial charge in [-0.2, -0.15) is 5.10 Å². The summed E-state index contributed by atoms with van der Waals surface area (Å²) in [4.78, 5) is 20.5. The number of nitrogens with zero attached hydrogens (tertiary/aromatic N) is 3. The van der Waals surface area contributed by atoms with Crippen molar-refractivity contribution in [3.8, 4) is 0 Å². The van der Waals surface area contributed by atoms with E-state index in [1.54, 1.807) is 11.8 Å². The number of rotatable bonds is 3. The van der Waals surface area contributed by atoms with Crippen molar-refractivity contribution in [3.05, 3.63) is 41.5 Å². The van der Waals surface area contributed by atoms with E-state index >= 15 is 0 Å². The van der Waals surface area contributed by atoms with Crippen LogP contribution in [0.15, 0.2) is 29.2 Å². The van der Waals surface area contributed by atoms with E-state index in [9.17, 15) is 4.79 Å². The van der Waals surface area contributed by atoms with E-state index in [2.05, 4.69) is 27.3 Å². The first kappa shape index (κ1) is 15.7. The Kier molecular flexibility index (Phi) is 4.28. The molecule has 1 saturated heterocycles. The Morgan fingerprint density at radius 2 is 2.33 bits per heavy atom. The quantitative estimate of drug-likeness (QED) is 0.922. The van der Waals surface area contributed by atoms with Crippen LogP contribution in [0.3, 0.4) is 0 Å². The lowest BCUT2D eigenvalue weighted by Crippen LogP contribution is -2.46. The lowest BCUT2D eigenvalue weighted by Gasteiger charge is -2.33. The highest BCUT2D eigenvalue weighted by Gasteiger charge is 2.35. The topological polar surface area (TPSA) is 71.1 Å². The van der Waals surface area contributed by atoms with Gasteiger partial charge in [0, 0.05) is 17.9 Å². The molecule has 0 bridgehead atoms. The molecule has 1 aromatic heterocycles. The molecule has 0 radical (unpaired) electrons. The molecule has 126 valence electrons. The first-order valence-electron chi connectivity index (χ1n) is 8.30. The van der Waals surface area contributed by atoms with Gasteiger partial charge in [-0.25, -0.2) is 4.98 Å². The number of aromatic nitrogens is 3. The van der Waals surface area contributed by atoms with Gasteiger partial charge in [0.2, 0.25) is 5.91 Å². The van der Waals surface area contributed by atoms with Crippen molar-refractivity contribution in [2.24, 2.45) is 0 Å². The summed E-state index contributed by atoms with van der Waals surface area (Å²) in [5.41, 5.74) is 1.27. The number of ether oxygens (including phenoxy) is 1. The summed E-state index contributed by atoms with van der Waals surface area (Å²) >= 11 is 1.67. The van der Waals surface area contributed by atoms with Crippen LogP contribution < -0.4 is 0 Å². The average molecular weight is 344 g/mol. The lowest BCUT2D eigenvalue weighted by atomic mass is 10.1. The highest BCUT2D eigenvalue weighted by molar-refractivity contribution is 8.01. The molecule has 1 aromatic carbocycles. The normalized spacial score (nSPS) is 23.3. The third-order valence-corrected chi connectivity index (χ3v) is 5.78. The fraction of sp³-hybridized carbons (Fsp3) is 0.471. The van der Waals surface area contributed by atoms with E-state index in [1.165, 1.54) is 10.5 Å². The van der Waals surface area contributed by atoms with Gasteiger partial charge in [-0.05, 0) is 18.1 Å². The minimum absolute atomic E-state index is 0.0282. The van der Waals surface area contributed by atoms with Crippen LogP contribution in [0.1, 0.15) is 30.2 Å². The van der Waals surface area contributed by atoms with Crippen molar-refractivity contribution in [3.63, 3.8) is 0 Å². The third kappa shape index (κ3) is 2.93. The molecule has 1 amide bonds. The Bertz CT molecular complexity index is 723. The number of morpholine rings is 1. The maximum absolute atomic E-state index is 12.9. The summed E-state index contributed by atoms with van der Waals surface area (Å²) in [6, 6.07) is 8.26. The monoisotopic (exact) mass is 344 g/mol. The van der Waals surface area contributed by atoms with Gasteiger partial charge < -0.3 is 9.64 Å². The van der Waals surface area contributed by atoms with Gasteiger partial charge in [-0.15, -0.1) is 11.8 Å². The number of thioether (sulfide) groups is 1. The predicted molar refractivity (Wildman–Crippen MR) is 90.8 cm³/mol. The fourth-order valence-corrected chi connectivity index (χ4v) is 4.42. The van der Waals surface area contributed by atoms with Crippen LogP contribution in [0, 0.1) is 0 Å². The zero-order chi connectivity index (χ0) is 16.5. The van der Waals surface area contributed by atoms with Gasteiger partial charge >= 0.3 is 0 Å². The van der Waals surface area contributed by atoms with Crippen LogP contribution in [0.5, 0.6) is 0 Å². The fourth-order valence-electron chi connectivity index (χ4n) is 3.14. The molecule has 2 aromatic rings. The van der Waals surface area contributed by atoms with Crippen molar-refractivity contribution in [2.75, 3.05) is 19.7 Å². The highest BCUT2D eigenvalue weighted by atomic mass is 32.2. The van der Waals surface area contributed by atoms with Crippen molar-refractivity contribution < 1.29 is 9.53 Å². The molecular formula is C17H20N4O2S. The molecule has 1 fully saturated rings. The smallest absolute Gasteiger partial charge is 0.236 e. The van der Waals surface area contributed by atoms with Gasteiger partial charge in [0.1, 0.15) is 11.9 Å². The maximum atomic E-state index is 12.9. The van der Waals surface area contributed by atoms with Gasteiger partial charge in [-0.3, -0.25) is 9.89 Å². The molecule has 2 aliphatic heterocycles. The Morgan fingerprint density at radius 1 is 1.46 bits per heavy atom. The first-order valence-corrected chi connectivity index (χ1v) is 9.18. The second kappa shape index (κ2) is 6.57. The Morgan fingerprint density at radius 3 is 3.12 bits per heavy atom. The van der Waals surface area contributed by atoms with Crippen molar-refractivity contribution in [2.45, 2.75) is 36.0 Å². The summed E-state index contributed by atoms with van der Waals surface area (Å²) in [5.74, 6) is 1.68. The molecule has 1 N–H and O–H groups in total. The van der Waals surface area contributed by atoms with Crippen LogP contribution in [-0.2, 0) is 22.4 Å². The minimum Gasteiger partial charge on any atom is -0.366 e. The number of nitrogens with one attached hydrogen (secondary N) is 1. The standard InChI is InChI=1S/C17H20N4O2S/c1-2-15-18-16(20-19-15)12-10-21(7-8-23-12)17(22)14-9-11-5-3-4-6-13(11)24-14/h3-6,12,14H,2,7-10H2,1H3,(H,18,19,20)/t12-,14+/m1/s1. The van der Waals surface area contributed by atoms with Gasteiger partial charge in [0.15, 0.2) is 5.82 Å². The number of hydrogen-bond donors (Lipinski definition) is 1. The van der Waals surface area contributed by atoms with Crippen LogP contribution >= 0.6 is 11.8 Å². The van der Waals surface area contributed by atoms with Gasteiger partial charge in [0.25, 0.3) is 0 Å². The van der Waals surface area contributed by atoms with E-state index < -0.39 is 0 Å². The summed E-state index contributed by atoms with van der Waals surface area (Å²) in [6.07, 6.45) is 1.37. The van der Waals surface area contributed by atoms with Crippen molar-refractivity contribution >= 4 is 17.7 Å². The Hall–Kier alpha value is -1.86. The molecule has 24 heavy (non-hydrogen) atoms. The van der Waals surface area contributed by atoms with E-state index in [-0.39, 0.29) is 17.3 Å². The molecule has 7 heteroatoms. The molecule has 0 spiro atoms. The lowest BCUT2D eigenvalue weighted by molar-refractivity contribution is -0.138. The largest absolute Gasteiger partial charge is 0.366 e.